The van der Waals surface area contributed by atoms with Crippen molar-refractivity contribution in [2.75, 3.05) is 5.32 Å². The lowest BCUT2D eigenvalue weighted by Crippen LogP contribution is -2.37. The molecule has 0 unspecified atom stereocenters. The van der Waals surface area contributed by atoms with Crippen LogP contribution >= 0.6 is 0 Å². The monoisotopic (exact) mass is 432 g/mol. The van der Waals surface area contributed by atoms with Gasteiger partial charge in [0.15, 0.2) is 5.65 Å². The summed E-state index contributed by atoms with van der Waals surface area (Å²) in [7, 11) is 2.92. The summed E-state index contributed by atoms with van der Waals surface area (Å²) in [5.41, 5.74) is 2.98. The van der Waals surface area contributed by atoms with Gasteiger partial charge in [-0.1, -0.05) is 0 Å². The highest BCUT2D eigenvalue weighted by Gasteiger charge is 2.16. The fourth-order valence-corrected chi connectivity index (χ4v) is 3.75. The summed E-state index contributed by atoms with van der Waals surface area (Å²) in [5.74, 6) is -0.259. The Balaban J connectivity index is 1.56. The molecular formula is C21H20N8O3. The van der Waals surface area contributed by atoms with Gasteiger partial charge in [-0.3, -0.25) is 18.7 Å². The predicted octanol–water partition coefficient (Wildman–Crippen LogP) is 0.735. The second-order valence-electron chi connectivity index (χ2n) is 7.52. The molecule has 1 amide bonds. The second kappa shape index (κ2) is 7.73. The Kier molecular flexibility index (Phi) is 5.06. The Labute approximate surface area is 181 Å². The van der Waals surface area contributed by atoms with Gasteiger partial charge in [0.25, 0.3) is 5.56 Å². The van der Waals surface area contributed by atoms with E-state index in [1.165, 1.54) is 37.1 Å². The molecule has 0 saturated heterocycles. The normalized spacial score (nSPS) is 11.1. The molecule has 0 aliphatic carbocycles. The number of rotatable bonds is 4. The molecule has 32 heavy (non-hydrogen) atoms. The summed E-state index contributed by atoms with van der Waals surface area (Å²) in [4.78, 5) is 45.7. The van der Waals surface area contributed by atoms with E-state index in [0.29, 0.717) is 23.3 Å². The Bertz CT molecular complexity index is 1570. The van der Waals surface area contributed by atoms with Crippen LogP contribution in [0.25, 0.3) is 16.7 Å². The lowest BCUT2D eigenvalue weighted by Gasteiger charge is -2.12. The van der Waals surface area contributed by atoms with E-state index in [9.17, 15) is 19.6 Å². The van der Waals surface area contributed by atoms with Crippen LogP contribution < -0.4 is 16.6 Å². The summed E-state index contributed by atoms with van der Waals surface area (Å²) >= 11 is 0. The van der Waals surface area contributed by atoms with Crippen LogP contribution in [0, 0.1) is 25.2 Å². The summed E-state index contributed by atoms with van der Waals surface area (Å²) in [5, 5.41) is 16.4. The molecule has 11 nitrogen and oxygen atoms in total. The van der Waals surface area contributed by atoms with Gasteiger partial charge in [0.05, 0.1) is 23.5 Å². The molecule has 4 aromatic rings. The minimum atomic E-state index is -0.478. The highest BCUT2D eigenvalue weighted by molar-refractivity contribution is 5.92. The molecule has 1 N–H and O–H groups in total. The zero-order chi connectivity index (χ0) is 23.2. The van der Waals surface area contributed by atoms with Gasteiger partial charge in [0, 0.05) is 31.9 Å². The molecule has 0 bridgehead atoms. The van der Waals surface area contributed by atoms with Crippen molar-refractivity contribution in [3.8, 4) is 6.07 Å². The van der Waals surface area contributed by atoms with Gasteiger partial charge < -0.3 is 5.32 Å². The first-order valence-corrected chi connectivity index (χ1v) is 9.82. The number of carbonyl (C=O) groups is 1. The topological polar surface area (TPSA) is 140 Å². The number of amides is 1. The first-order valence-electron chi connectivity index (χ1n) is 9.82. The number of anilines is 1. The number of nitrogens with zero attached hydrogens (tertiary/aromatic N) is 7. The number of hydrogen-bond donors (Lipinski definition) is 1. The van der Waals surface area contributed by atoms with E-state index >= 15 is 0 Å². The molecule has 11 heteroatoms. The van der Waals surface area contributed by atoms with Crippen LogP contribution in [0.2, 0.25) is 0 Å². The number of nitriles is 1. The van der Waals surface area contributed by atoms with Crippen molar-refractivity contribution in [1.82, 2.24) is 28.7 Å². The van der Waals surface area contributed by atoms with Gasteiger partial charge in [0.1, 0.15) is 17.3 Å². The molecule has 0 aliphatic rings. The molecule has 4 rings (SSSR count). The van der Waals surface area contributed by atoms with Crippen LogP contribution in [0.5, 0.6) is 0 Å². The average molecular weight is 432 g/mol. The minimum Gasteiger partial charge on any atom is -0.325 e. The second-order valence-corrected chi connectivity index (χ2v) is 7.52. The van der Waals surface area contributed by atoms with Crippen molar-refractivity contribution in [2.24, 2.45) is 14.1 Å². The predicted molar refractivity (Wildman–Crippen MR) is 116 cm³/mol. The number of fused-ring (bicyclic) bond motifs is 2. The Morgan fingerprint density at radius 1 is 1.16 bits per heavy atom. The van der Waals surface area contributed by atoms with Crippen molar-refractivity contribution in [3.63, 3.8) is 0 Å². The summed E-state index contributed by atoms with van der Waals surface area (Å²) in [6.45, 7) is 3.71. The van der Waals surface area contributed by atoms with E-state index in [1.807, 2.05) is 13.8 Å². The summed E-state index contributed by atoms with van der Waals surface area (Å²) in [6, 6.07) is 3.58. The van der Waals surface area contributed by atoms with E-state index in [4.69, 9.17) is 0 Å². The van der Waals surface area contributed by atoms with Crippen LogP contribution in [0.4, 0.5) is 5.69 Å². The number of aromatic nitrogens is 6. The quantitative estimate of drug-likeness (QED) is 0.501. The molecule has 0 saturated carbocycles. The molecule has 0 atom stereocenters. The molecule has 0 radical (unpaired) electrons. The van der Waals surface area contributed by atoms with Crippen molar-refractivity contribution in [1.29, 1.82) is 5.26 Å². The third-order valence-electron chi connectivity index (χ3n) is 5.51. The fraction of sp³-hybridized carbons (Fsp3) is 0.286. The van der Waals surface area contributed by atoms with Crippen LogP contribution in [-0.2, 0) is 25.3 Å². The van der Waals surface area contributed by atoms with Crippen molar-refractivity contribution in [3.05, 3.63) is 61.8 Å². The highest BCUT2D eigenvalue weighted by atomic mass is 16.2. The fourth-order valence-electron chi connectivity index (χ4n) is 3.75. The maximum absolute atomic E-state index is 12.6. The van der Waals surface area contributed by atoms with Crippen molar-refractivity contribution < 1.29 is 4.79 Å². The first-order chi connectivity index (χ1) is 15.2. The molecule has 0 fully saturated rings. The average Bonchev–Trinajstić information content (AvgIpc) is 3.19. The number of hydrogen-bond acceptors (Lipinski definition) is 7. The maximum atomic E-state index is 12.6. The number of nitrogens with one attached hydrogen (secondary N) is 1. The lowest BCUT2D eigenvalue weighted by atomic mass is 10.1. The van der Waals surface area contributed by atoms with E-state index < -0.39 is 11.2 Å². The van der Waals surface area contributed by atoms with Gasteiger partial charge in [-0.15, -0.1) is 0 Å². The van der Waals surface area contributed by atoms with E-state index in [0.717, 1.165) is 21.5 Å². The van der Waals surface area contributed by atoms with Crippen LogP contribution in [0.1, 0.15) is 28.9 Å². The number of carbonyl (C=O) groups excluding carboxylic acids is 1. The van der Waals surface area contributed by atoms with Gasteiger partial charge in [-0.05, 0) is 31.9 Å². The molecule has 0 aromatic carbocycles. The largest absolute Gasteiger partial charge is 0.332 e. The summed E-state index contributed by atoms with van der Waals surface area (Å²) < 4.78 is 3.88. The molecule has 0 aliphatic heterocycles. The molecule has 0 spiro atoms. The SMILES string of the molecule is Cc1nc2c(C#N)cnn2c(C)c1CCC(=O)Nc1cnc2c(c1)c(=O)n(C)c(=O)n2C. The third-order valence-corrected chi connectivity index (χ3v) is 5.51. The minimum absolute atomic E-state index is 0.171. The van der Waals surface area contributed by atoms with Gasteiger partial charge in [0.2, 0.25) is 5.91 Å². The maximum Gasteiger partial charge on any atom is 0.332 e. The number of pyridine rings is 1. The summed E-state index contributed by atoms with van der Waals surface area (Å²) in [6.07, 6.45) is 3.48. The smallest absolute Gasteiger partial charge is 0.325 e. The van der Waals surface area contributed by atoms with Gasteiger partial charge in [-0.2, -0.15) is 10.4 Å². The van der Waals surface area contributed by atoms with Crippen LogP contribution in [0.3, 0.4) is 0 Å². The molecule has 162 valence electrons. The number of aryl methyl sites for hydroxylation is 3. The van der Waals surface area contributed by atoms with E-state index in [1.54, 1.807) is 4.52 Å². The zero-order valence-corrected chi connectivity index (χ0v) is 18.0. The van der Waals surface area contributed by atoms with Crippen molar-refractivity contribution in [2.45, 2.75) is 26.7 Å². The Hall–Kier alpha value is -4.33. The standard InChI is InChI=1S/C21H20N8O3/c1-11-15(12(2)29-18(25-11)13(8-22)9-24-29)5-6-17(30)26-14-7-16-19(23-10-14)27(3)21(32)28(4)20(16)31/h7,9-10H,5-6H2,1-4H3,(H,26,30). The molecular weight excluding hydrogens is 412 g/mol. The Morgan fingerprint density at radius 2 is 1.91 bits per heavy atom. The zero-order valence-electron chi connectivity index (χ0n) is 18.0. The van der Waals surface area contributed by atoms with Crippen LogP contribution in [-0.4, -0.2) is 34.6 Å². The first kappa shape index (κ1) is 20.9. The third kappa shape index (κ3) is 3.31. The molecule has 4 aromatic heterocycles. The van der Waals surface area contributed by atoms with E-state index in [2.05, 4.69) is 26.5 Å². The van der Waals surface area contributed by atoms with Gasteiger partial charge in [-0.25, -0.2) is 19.3 Å². The van der Waals surface area contributed by atoms with Gasteiger partial charge >= 0.3 is 5.69 Å². The van der Waals surface area contributed by atoms with Crippen molar-refractivity contribution >= 4 is 28.3 Å². The lowest BCUT2D eigenvalue weighted by molar-refractivity contribution is -0.116. The van der Waals surface area contributed by atoms with E-state index in [-0.39, 0.29) is 23.4 Å². The highest BCUT2D eigenvalue weighted by Crippen LogP contribution is 2.19. The molecule has 4 heterocycles. The Morgan fingerprint density at radius 3 is 2.62 bits per heavy atom. The van der Waals surface area contributed by atoms with Crippen LogP contribution in [0.15, 0.2) is 28.0 Å².